The van der Waals surface area contributed by atoms with Gasteiger partial charge in [-0.3, -0.25) is 10.1 Å². The molecule has 1 aromatic heterocycles. The zero-order valence-electron chi connectivity index (χ0n) is 11.4. The summed E-state index contributed by atoms with van der Waals surface area (Å²) in [4.78, 5) is 17.0. The van der Waals surface area contributed by atoms with E-state index in [0.29, 0.717) is 17.9 Å². The highest BCUT2D eigenvalue weighted by Gasteiger charge is 2.27. The Bertz CT molecular complexity index is 452. The molecule has 2 atom stereocenters. The first-order chi connectivity index (χ1) is 9.15. The third kappa shape index (κ3) is 3.01. The molecule has 0 radical (unpaired) electrons. The highest BCUT2D eigenvalue weighted by Crippen LogP contribution is 2.23. The van der Waals surface area contributed by atoms with E-state index in [2.05, 4.69) is 29.0 Å². The van der Waals surface area contributed by atoms with E-state index in [4.69, 9.17) is 0 Å². The van der Waals surface area contributed by atoms with E-state index < -0.39 is 0 Å². The van der Waals surface area contributed by atoms with Crippen molar-refractivity contribution in [1.82, 2.24) is 10.3 Å². The van der Waals surface area contributed by atoms with Crippen LogP contribution in [0.25, 0.3) is 0 Å². The summed E-state index contributed by atoms with van der Waals surface area (Å²) in [7, 11) is 0. The molecule has 1 aliphatic heterocycles. The van der Waals surface area contributed by atoms with Crippen LogP contribution in [-0.2, 0) is 0 Å². The molecule has 0 amide bonds. The molecule has 1 aromatic rings. The van der Waals surface area contributed by atoms with Crippen molar-refractivity contribution in [2.45, 2.75) is 38.8 Å². The first-order valence-electron chi connectivity index (χ1n) is 6.76. The first kappa shape index (κ1) is 13.7. The van der Waals surface area contributed by atoms with Crippen LogP contribution in [0.5, 0.6) is 0 Å². The number of hydrogen-bond acceptors (Lipinski definition) is 5. The molecule has 6 heteroatoms. The topological polar surface area (TPSA) is 71.3 Å². The van der Waals surface area contributed by atoms with Gasteiger partial charge in [0.25, 0.3) is 5.69 Å². The molecule has 1 N–H and O–H groups in total. The maximum Gasteiger partial charge on any atom is 0.274 e. The highest BCUT2D eigenvalue weighted by atomic mass is 16.6. The molecule has 0 spiro atoms. The summed E-state index contributed by atoms with van der Waals surface area (Å²) < 4.78 is 0. The molecule has 104 valence electrons. The summed E-state index contributed by atoms with van der Waals surface area (Å²) in [5.74, 6) is 0.709. The summed E-state index contributed by atoms with van der Waals surface area (Å²) in [6.45, 7) is 6.02. The Labute approximate surface area is 113 Å². The number of nitro groups is 1. The van der Waals surface area contributed by atoms with Crippen LogP contribution in [0.2, 0.25) is 0 Å². The van der Waals surface area contributed by atoms with Crippen LogP contribution >= 0.6 is 0 Å². The SMILES string of the molecule is CCC1CN(c2cc([N+](=O)[O-])ccn2)C(CC)CN1. The van der Waals surface area contributed by atoms with Gasteiger partial charge < -0.3 is 10.2 Å². The van der Waals surface area contributed by atoms with Crippen LogP contribution in [0.4, 0.5) is 11.5 Å². The standard InChI is InChI=1S/C13H20N4O2/c1-3-10-9-16(11(4-2)8-15-10)13-7-12(17(18)19)5-6-14-13/h5-7,10-11,15H,3-4,8-9H2,1-2H3. The van der Waals surface area contributed by atoms with Crippen LogP contribution in [0.3, 0.4) is 0 Å². The number of nitrogens with zero attached hydrogens (tertiary/aromatic N) is 3. The largest absolute Gasteiger partial charge is 0.351 e. The maximum absolute atomic E-state index is 10.9. The van der Waals surface area contributed by atoms with E-state index in [1.165, 1.54) is 12.3 Å². The van der Waals surface area contributed by atoms with E-state index in [0.717, 1.165) is 25.9 Å². The van der Waals surface area contributed by atoms with Gasteiger partial charge in [0.2, 0.25) is 0 Å². The van der Waals surface area contributed by atoms with Gasteiger partial charge in [0.1, 0.15) is 5.82 Å². The summed E-state index contributed by atoms with van der Waals surface area (Å²) in [6.07, 6.45) is 3.55. The predicted octanol–water partition coefficient (Wildman–Crippen LogP) is 1.96. The first-order valence-corrected chi connectivity index (χ1v) is 6.76. The lowest BCUT2D eigenvalue weighted by molar-refractivity contribution is -0.384. The Kier molecular flexibility index (Phi) is 4.31. The van der Waals surface area contributed by atoms with Gasteiger partial charge in [-0.1, -0.05) is 13.8 Å². The summed E-state index contributed by atoms with van der Waals surface area (Å²) in [5, 5.41) is 14.4. The Morgan fingerprint density at radius 1 is 1.53 bits per heavy atom. The Morgan fingerprint density at radius 2 is 2.32 bits per heavy atom. The molecule has 0 aromatic carbocycles. The van der Waals surface area contributed by atoms with Gasteiger partial charge in [-0.05, 0) is 12.8 Å². The van der Waals surface area contributed by atoms with Crippen molar-refractivity contribution >= 4 is 11.5 Å². The van der Waals surface area contributed by atoms with Gasteiger partial charge in [-0.2, -0.15) is 0 Å². The van der Waals surface area contributed by atoms with Gasteiger partial charge in [0.15, 0.2) is 0 Å². The molecule has 0 bridgehead atoms. The molecule has 2 heterocycles. The van der Waals surface area contributed by atoms with Crippen molar-refractivity contribution in [1.29, 1.82) is 0 Å². The van der Waals surface area contributed by atoms with Crippen molar-refractivity contribution in [2.24, 2.45) is 0 Å². The van der Waals surface area contributed by atoms with Crippen LogP contribution in [-0.4, -0.2) is 35.1 Å². The molecule has 6 nitrogen and oxygen atoms in total. The van der Waals surface area contributed by atoms with Crippen molar-refractivity contribution < 1.29 is 4.92 Å². The van der Waals surface area contributed by atoms with Crippen molar-refractivity contribution in [3.63, 3.8) is 0 Å². The minimum absolute atomic E-state index is 0.103. The Hall–Kier alpha value is -1.69. The molecule has 1 saturated heterocycles. The quantitative estimate of drug-likeness (QED) is 0.665. The zero-order valence-corrected chi connectivity index (χ0v) is 11.4. The lowest BCUT2D eigenvalue weighted by atomic mass is 10.1. The number of piperazine rings is 1. The van der Waals surface area contributed by atoms with Crippen LogP contribution in [0.15, 0.2) is 18.3 Å². The molecule has 2 rings (SSSR count). The molecule has 2 unspecified atom stereocenters. The fraction of sp³-hybridized carbons (Fsp3) is 0.615. The zero-order chi connectivity index (χ0) is 13.8. The Morgan fingerprint density at radius 3 is 2.95 bits per heavy atom. The number of anilines is 1. The Balaban J connectivity index is 2.25. The number of rotatable bonds is 4. The smallest absolute Gasteiger partial charge is 0.274 e. The lowest BCUT2D eigenvalue weighted by Gasteiger charge is -2.40. The number of pyridine rings is 1. The van der Waals surface area contributed by atoms with E-state index in [1.54, 1.807) is 6.07 Å². The molecule has 1 aliphatic rings. The average molecular weight is 264 g/mol. The highest BCUT2D eigenvalue weighted by molar-refractivity contribution is 5.48. The van der Waals surface area contributed by atoms with E-state index in [9.17, 15) is 10.1 Å². The molecular weight excluding hydrogens is 244 g/mol. The normalized spacial score (nSPS) is 23.4. The predicted molar refractivity (Wildman–Crippen MR) is 74.4 cm³/mol. The lowest BCUT2D eigenvalue weighted by Crippen LogP contribution is -2.56. The molecule has 19 heavy (non-hydrogen) atoms. The number of nitrogens with one attached hydrogen (secondary N) is 1. The van der Waals surface area contributed by atoms with Crippen LogP contribution in [0.1, 0.15) is 26.7 Å². The molecule has 0 aliphatic carbocycles. The maximum atomic E-state index is 10.9. The molecule has 0 saturated carbocycles. The summed E-state index contributed by atoms with van der Waals surface area (Å²) in [6, 6.07) is 3.77. The van der Waals surface area contributed by atoms with E-state index >= 15 is 0 Å². The molecular formula is C13H20N4O2. The monoisotopic (exact) mass is 264 g/mol. The molecule has 1 fully saturated rings. The second-order valence-corrected chi connectivity index (χ2v) is 4.86. The minimum Gasteiger partial charge on any atom is -0.351 e. The third-order valence-electron chi connectivity index (χ3n) is 3.70. The van der Waals surface area contributed by atoms with Crippen LogP contribution in [0, 0.1) is 10.1 Å². The van der Waals surface area contributed by atoms with Gasteiger partial charge in [-0.15, -0.1) is 0 Å². The minimum atomic E-state index is -0.369. The average Bonchev–Trinajstić information content (AvgIpc) is 2.46. The van der Waals surface area contributed by atoms with Crippen LogP contribution < -0.4 is 10.2 Å². The van der Waals surface area contributed by atoms with Gasteiger partial charge in [-0.25, -0.2) is 4.98 Å². The fourth-order valence-corrected chi connectivity index (χ4v) is 2.46. The van der Waals surface area contributed by atoms with Gasteiger partial charge in [0.05, 0.1) is 11.0 Å². The van der Waals surface area contributed by atoms with Crippen molar-refractivity contribution in [2.75, 3.05) is 18.0 Å². The summed E-state index contributed by atoms with van der Waals surface area (Å²) >= 11 is 0. The number of aromatic nitrogens is 1. The summed E-state index contributed by atoms with van der Waals surface area (Å²) in [5.41, 5.74) is 0.103. The second kappa shape index (κ2) is 5.97. The van der Waals surface area contributed by atoms with Gasteiger partial charge >= 0.3 is 0 Å². The van der Waals surface area contributed by atoms with E-state index in [1.807, 2.05) is 0 Å². The number of hydrogen-bond donors (Lipinski definition) is 1. The van der Waals surface area contributed by atoms with E-state index in [-0.39, 0.29) is 10.6 Å². The fourth-order valence-electron chi connectivity index (χ4n) is 2.46. The third-order valence-corrected chi connectivity index (χ3v) is 3.70. The second-order valence-electron chi connectivity index (χ2n) is 4.86. The van der Waals surface area contributed by atoms with Crippen molar-refractivity contribution in [3.8, 4) is 0 Å². The van der Waals surface area contributed by atoms with Crippen molar-refractivity contribution in [3.05, 3.63) is 28.4 Å². The van der Waals surface area contributed by atoms with Gasteiger partial charge in [0, 0.05) is 37.4 Å².